The van der Waals surface area contributed by atoms with Gasteiger partial charge in [-0.05, 0) is 69.7 Å². The largest absolute Gasteiger partial charge is 0.444 e. The molecule has 5 nitrogen and oxygen atoms in total. The third-order valence-electron chi connectivity index (χ3n) is 4.87. The van der Waals surface area contributed by atoms with E-state index in [4.69, 9.17) is 4.74 Å². The molecule has 0 aliphatic carbocycles. The first kappa shape index (κ1) is 17.8. The molecule has 0 unspecified atom stereocenters. The van der Waals surface area contributed by atoms with E-state index >= 15 is 0 Å². The van der Waals surface area contributed by atoms with Crippen LogP contribution in [0.3, 0.4) is 0 Å². The van der Waals surface area contributed by atoms with Gasteiger partial charge in [0, 0.05) is 31.7 Å². The highest BCUT2D eigenvalue weighted by atomic mass is 16.6. The van der Waals surface area contributed by atoms with Gasteiger partial charge in [-0.2, -0.15) is 0 Å². The van der Waals surface area contributed by atoms with Crippen molar-refractivity contribution in [2.24, 2.45) is 0 Å². The van der Waals surface area contributed by atoms with Crippen LogP contribution in [0.15, 0.2) is 12.1 Å². The molecule has 5 heteroatoms. The number of carbonyl (C=O) groups excluding carboxylic acids is 2. The van der Waals surface area contributed by atoms with Crippen LogP contribution in [0.25, 0.3) is 0 Å². The van der Waals surface area contributed by atoms with E-state index in [1.54, 1.807) is 4.90 Å². The lowest BCUT2D eigenvalue weighted by molar-refractivity contribution is -0.118. The van der Waals surface area contributed by atoms with Crippen molar-refractivity contribution in [3.63, 3.8) is 0 Å². The third kappa shape index (κ3) is 3.80. The highest BCUT2D eigenvalue weighted by molar-refractivity contribution is 5.96. The Kier molecular flexibility index (Phi) is 4.76. The molecule has 2 heterocycles. The molecule has 0 atom stereocenters. The predicted molar refractivity (Wildman–Crippen MR) is 98.0 cm³/mol. The van der Waals surface area contributed by atoms with Gasteiger partial charge in [-0.1, -0.05) is 6.07 Å². The normalized spacial score (nSPS) is 17.7. The number of fused-ring (bicyclic) bond motifs is 2. The Morgan fingerprint density at radius 2 is 1.68 bits per heavy atom. The van der Waals surface area contributed by atoms with Crippen molar-refractivity contribution in [2.75, 3.05) is 24.5 Å². The van der Waals surface area contributed by atoms with Crippen LogP contribution >= 0.6 is 0 Å². The Labute approximate surface area is 149 Å². The minimum absolute atomic E-state index is 0.207. The van der Waals surface area contributed by atoms with Crippen LogP contribution in [0.4, 0.5) is 10.5 Å². The number of anilines is 1. The average Bonchev–Trinajstić information content (AvgIpc) is 2.73. The van der Waals surface area contributed by atoms with Gasteiger partial charge in [0.25, 0.3) is 0 Å². The monoisotopic (exact) mass is 344 g/mol. The summed E-state index contributed by atoms with van der Waals surface area (Å²) in [5.74, 6) is 0.207. The molecule has 0 bridgehead atoms. The molecule has 0 aromatic heterocycles. The van der Waals surface area contributed by atoms with Crippen LogP contribution in [-0.2, 0) is 28.8 Å². The van der Waals surface area contributed by atoms with Crippen molar-refractivity contribution in [2.45, 2.75) is 59.0 Å². The fourth-order valence-electron chi connectivity index (χ4n) is 3.63. The van der Waals surface area contributed by atoms with Gasteiger partial charge >= 0.3 is 6.09 Å². The quantitative estimate of drug-likeness (QED) is 0.785. The predicted octanol–water partition coefficient (Wildman–Crippen LogP) is 3.32. The molecule has 1 aromatic rings. The SMILES string of the molecule is CCN1C(=O)CCc2cc3c(cc21)CCN(C(=O)OC(C)(C)C)CC3. The Morgan fingerprint density at radius 1 is 1.04 bits per heavy atom. The molecule has 0 fully saturated rings. The zero-order chi connectivity index (χ0) is 18.2. The Hall–Kier alpha value is -2.04. The van der Waals surface area contributed by atoms with Gasteiger partial charge in [0.1, 0.15) is 5.60 Å². The first-order valence-corrected chi connectivity index (χ1v) is 9.21. The van der Waals surface area contributed by atoms with Crippen LogP contribution in [0, 0.1) is 0 Å². The Morgan fingerprint density at radius 3 is 2.28 bits per heavy atom. The van der Waals surface area contributed by atoms with Crippen molar-refractivity contribution in [3.8, 4) is 0 Å². The van der Waals surface area contributed by atoms with Gasteiger partial charge in [0.15, 0.2) is 0 Å². The van der Waals surface area contributed by atoms with E-state index in [2.05, 4.69) is 12.1 Å². The summed E-state index contributed by atoms with van der Waals surface area (Å²) >= 11 is 0. The fourth-order valence-corrected chi connectivity index (χ4v) is 3.63. The van der Waals surface area contributed by atoms with Gasteiger partial charge in [-0.25, -0.2) is 4.79 Å². The lowest BCUT2D eigenvalue weighted by Crippen LogP contribution is -2.38. The van der Waals surface area contributed by atoms with Crippen LogP contribution in [0.2, 0.25) is 0 Å². The van der Waals surface area contributed by atoms with Crippen LogP contribution in [0.5, 0.6) is 0 Å². The molecule has 1 aromatic carbocycles. The van der Waals surface area contributed by atoms with Crippen molar-refractivity contribution in [1.82, 2.24) is 4.90 Å². The maximum atomic E-state index is 12.4. The van der Waals surface area contributed by atoms with E-state index in [0.717, 1.165) is 24.9 Å². The van der Waals surface area contributed by atoms with E-state index in [-0.39, 0.29) is 12.0 Å². The van der Waals surface area contributed by atoms with E-state index < -0.39 is 5.60 Å². The number of benzene rings is 1. The highest BCUT2D eigenvalue weighted by Crippen LogP contribution is 2.32. The number of rotatable bonds is 1. The number of aryl methyl sites for hydroxylation is 1. The first-order chi connectivity index (χ1) is 11.8. The number of hydrogen-bond acceptors (Lipinski definition) is 3. The highest BCUT2D eigenvalue weighted by Gasteiger charge is 2.27. The Balaban J connectivity index is 1.81. The van der Waals surface area contributed by atoms with Crippen molar-refractivity contribution in [3.05, 3.63) is 28.8 Å². The number of ether oxygens (including phenoxy) is 1. The first-order valence-electron chi connectivity index (χ1n) is 9.21. The zero-order valence-electron chi connectivity index (χ0n) is 15.7. The second-order valence-corrected chi connectivity index (χ2v) is 7.86. The fraction of sp³-hybridized carbons (Fsp3) is 0.600. The molecule has 2 amide bonds. The van der Waals surface area contributed by atoms with Gasteiger partial charge in [0.05, 0.1) is 0 Å². The van der Waals surface area contributed by atoms with E-state index in [0.29, 0.717) is 26.1 Å². The smallest absolute Gasteiger partial charge is 0.410 e. The molecule has 0 saturated carbocycles. The molecule has 0 N–H and O–H groups in total. The summed E-state index contributed by atoms with van der Waals surface area (Å²) in [5.41, 5.74) is 4.39. The maximum absolute atomic E-state index is 12.4. The van der Waals surface area contributed by atoms with Crippen LogP contribution in [-0.4, -0.2) is 42.1 Å². The summed E-state index contributed by atoms with van der Waals surface area (Å²) in [6.45, 7) is 9.72. The van der Waals surface area contributed by atoms with Crippen molar-refractivity contribution < 1.29 is 14.3 Å². The molecule has 0 saturated heterocycles. The molecule has 136 valence electrons. The summed E-state index contributed by atoms with van der Waals surface area (Å²) in [6, 6.07) is 4.42. The molecule has 25 heavy (non-hydrogen) atoms. The average molecular weight is 344 g/mol. The lowest BCUT2D eigenvalue weighted by Gasteiger charge is -2.29. The van der Waals surface area contributed by atoms with Gasteiger partial charge in [0.2, 0.25) is 5.91 Å². The Bertz CT molecular complexity index is 691. The van der Waals surface area contributed by atoms with Crippen molar-refractivity contribution in [1.29, 1.82) is 0 Å². The van der Waals surface area contributed by atoms with Crippen LogP contribution in [0.1, 0.15) is 50.8 Å². The topological polar surface area (TPSA) is 49.9 Å². The number of carbonyl (C=O) groups is 2. The summed E-state index contributed by atoms with van der Waals surface area (Å²) < 4.78 is 5.51. The molecule has 2 aliphatic rings. The molecule has 0 spiro atoms. The summed E-state index contributed by atoms with van der Waals surface area (Å²) in [5, 5.41) is 0. The summed E-state index contributed by atoms with van der Waals surface area (Å²) in [4.78, 5) is 28.2. The molecular weight excluding hydrogens is 316 g/mol. The van der Waals surface area contributed by atoms with E-state index in [1.165, 1.54) is 16.7 Å². The minimum atomic E-state index is -0.475. The van der Waals surface area contributed by atoms with Gasteiger partial charge < -0.3 is 14.5 Å². The van der Waals surface area contributed by atoms with Crippen LogP contribution < -0.4 is 4.90 Å². The second kappa shape index (κ2) is 6.70. The number of amides is 2. The zero-order valence-corrected chi connectivity index (χ0v) is 15.7. The van der Waals surface area contributed by atoms with E-state index in [1.807, 2.05) is 32.6 Å². The van der Waals surface area contributed by atoms with Crippen molar-refractivity contribution >= 4 is 17.7 Å². The minimum Gasteiger partial charge on any atom is -0.444 e. The second-order valence-electron chi connectivity index (χ2n) is 7.86. The number of nitrogens with zero attached hydrogens (tertiary/aromatic N) is 2. The number of hydrogen-bond donors (Lipinski definition) is 0. The lowest BCUT2D eigenvalue weighted by atomic mass is 9.93. The van der Waals surface area contributed by atoms with E-state index in [9.17, 15) is 9.59 Å². The molecule has 0 radical (unpaired) electrons. The standard InChI is InChI=1S/C20H28N2O3/c1-5-22-17-13-15-9-11-21(19(24)25-20(2,3)4)10-8-14(15)12-16(17)6-7-18(22)23/h12-13H,5-11H2,1-4H3. The third-order valence-corrected chi connectivity index (χ3v) is 4.87. The molecule has 3 rings (SSSR count). The molecular formula is C20H28N2O3. The molecule has 2 aliphatic heterocycles. The summed E-state index contributed by atoms with van der Waals surface area (Å²) in [6.07, 6.45) is 2.79. The maximum Gasteiger partial charge on any atom is 0.410 e. The van der Waals surface area contributed by atoms with Gasteiger partial charge in [-0.3, -0.25) is 4.79 Å². The summed E-state index contributed by atoms with van der Waals surface area (Å²) in [7, 11) is 0. The van der Waals surface area contributed by atoms with Gasteiger partial charge in [-0.15, -0.1) is 0 Å².